The van der Waals surface area contributed by atoms with Crippen molar-refractivity contribution in [3.05, 3.63) is 23.3 Å². The molecule has 9 heteroatoms. The molecule has 9 nitrogen and oxygen atoms in total. The average molecular weight is 477 g/mol. The van der Waals surface area contributed by atoms with Gasteiger partial charge in [-0.05, 0) is 17.2 Å². The fraction of sp³-hybridized carbons (Fsp3) is 0.680. The minimum Gasteiger partial charge on any atom is -0.462 e. The lowest BCUT2D eigenvalue weighted by atomic mass is 9.54. The SMILES string of the molecule is CC(=O)O[C@H]1C=C2C(=C[C@@H]3[C@]4(OC(C)=O)CO[C@@H]4C[C@H](OC(C)=O)[C@@]13C)C[C@@H](OC(C)=O)[C@@H]2C. The van der Waals surface area contributed by atoms with E-state index in [0.29, 0.717) is 12.8 Å². The molecule has 0 N–H and O–H groups in total. The summed E-state index contributed by atoms with van der Waals surface area (Å²) in [4.78, 5) is 48.2. The van der Waals surface area contributed by atoms with Crippen LogP contribution >= 0.6 is 0 Å². The van der Waals surface area contributed by atoms with Gasteiger partial charge in [-0.15, -0.1) is 0 Å². The van der Waals surface area contributed by atoms with Gasteiger partial charge in [0.2, 0.25) is 0 Å². The Morgan fingerprint density at radius 1 is 0.941 bits per heavy atom. The molecule has 1 saturated heterocycles. The summed E-state index contributed by atoms with van der Waals surface area (Å²) in [5.41, 5.74) is -0.0855. The van der Waals surface area contributed by atoms with E-state index in [0.717, 1.165) is 11.1 Å². The highest BCUT2D eigenvalue weighted by Gasteiger charge is 2.70. The Bertz CT molecular complexity index is 981. The number of hydrogen-bond acceptors (Lipinski definition) is 9. The molecule has 3 fully saturated rings. The van der Waals surface area contributed by atoms with Gasteiger partial charge in [-0.25, -0.2) is 0 Å². The van der Waals surface area contributed by atoms with Crippen LogP contribution in [0.1, 0.15) is 54.4 Å². The molecule has 0 aromatic carbocycles. The quantitative estimate of drug-likeness (QED) is 0.446. The van der Waals surface area contributed by atoms with E-state index >= 15 is 0 Å². The smallest absolute Gasteiger partial charge is 0.303 e. The minimum absolute atomic E-state index is 0.137. The molecule has 1 aliphatic heterocycles. The first-order chi connectivity index (χ1) is 15.9. The molecule has 0 aromatic heterocycles. The Hall–Kier alpha value is -2.68. The molecule has 0 aromatic rings. The lowest BCUT2D eigenvalue weighted by molar-refractivity contribution is -0.321. The fourth-order valence-electron chi connectivity index (χ4n) is 6.25. The molecule has 0 spiro atoms. The summed E-state index contributed by atoms with van der Waals surface area (Å²) in [5.74, 6) is -2.38. The third-order valence-corrected chi connectivity index (χ3v) is 7.78. The van der Waals surface area contributed by atoms with Crippen LogP contribution in [0.2, 0.25) is 0 Å². The highest BCUT2D eigenvalue weighted by atomic mass is 16.6. The van der Waals surface area contributed by atoms with Crippen LogP contribution in [0.25, 0.3) is 0 Å². The first kappa shape index (κ1) is 24.4. The zero-order chi connectivity index (χ0) is 25.0. The second kappa shape index (κ2) is 8.52. The summed E-state index contributed by atoms with van der Waals surface area (Å²) >= 11 is 0. The van der Waals surface area contributed by atoms with Crippen LogP contribution in [-0.2, 0) is 42.9 Å². The lowest BCUT2D eigenvalue weighted by Crippen LogP contribution is -2.75. The molecule has 4 aliphatic rings. The van der Waals surface area contributed by atoms with Gasteiger partial charge >= 0.3 is 23.9 Å². The Kier molecular flexibility index (Phi) is 6.12. The number of fused-ring (bicyclic) bond motifs is 4. The summed E-state index contributed by atoms with van der Waals surface area (Å²) in [6.07, 6.45) is 2.43. The maximum absolute atomic E-state index is 12.2. The third kappa shape index (κ3) is 3.83. The topological polar surface area (TPSA) is 114 Å². The Morgan fingerprint density at radius 3 is 2.12 bits per heavy atom. The summed E-state index contributed by atoms with van der Waals surface area (Å²) in [5, 5.41) is 0. The van der Waals surface area contributed by atoms with E-state index in [1.54, 1.807) is 0 Å². The normalized spacial score (nSPS) is 40.1. The molecule has 0 bridgehead atoms. The number of ether oxygens (including phenoxy) is 5. The number of esters is 4. The zero-order valence-corrected chi connectivity index (χ0v) is 20.4. The summed E-state index contributed by atoms with van der Waals surface area (Å²) in [7, 11) is 0. The second-order valence-electron chi connectivity index (χ2n) is 10.0. The fourth-order valence-corrected chi connectivity index (χ4v) is 6.25. The Balaban J connectivity index is 1.89. The molecule has 1 heterocycles. The number of carbonyl (C=O) groups excluding carboxylic acids is 4. The molecule has 0 unspecified atom stereocenters. The van der Waals surface area contributed by atoms with E-state index in [4.69, 9.17) is 23.7 Å². The summed E-state index contributed by atoms with van der Waals surface area (Å²) in [6.45, 7) is 9.44. The zero-order valence-electron chi connectivity index (χ0n) is 20.4. The monoisotopic (exact) mass is 476 g/mol. The van der Waals surface area contributed by atoms with Crippen LogP contribution in [0.3, 0.4) is 0 Å². The molecule has 2 saturated carbocycles. The van der Waals surface area contributed by atoms with Crippen molar-refractivity contribution >= 4 is 23.9 Å². The standard InChI is InChI=1S/C25H32O9/c1-12-18-9-21(32-14(3)27)24(6)20(8-17(18)7-19(12)31-13(2)26)25(34-16(5)29)11-30-23(25)10-22(24)33-15(4)28/h8-9,12,19-23H,7,10-11H2,1-6H3/t12-,19-,20+,21+,22+,23-,24-,25-/m1/s1. The van der Waals surface area contributed by atoms with Crippen LogP contribution in [0.5, 0.6) is 0 Å². The van der Waals surface area contributed by atoms with Gasteiger partial charge < -0.3 is 23.7 Å². The van der Waals surface area contributed by atoms with Gasteiger partial charge in [0.05, 0.1) is 12.0 Å². The molecule has 0 amide bonds. The van der Waals surface area contributed by atoms with Gasteiger partial charge in [0, 0.05) is 52.4 Å². The van der Waals surface area contributed by atoms with Gasteiger partial charge in [-0.1, -0.05) is 19.9 Å². The lowest BCUT2D eigenvalue weighted by Gasteiger charge is -2.62. The minimum atomic E-state index is -0.991. The number of carbonyl (C=O) groups is 4. The van der Waals surface area contributed by atoms with Gasteiger partial charge in [-0.3, -0.25) is 19.2 Å². The van der Waals surface area contributed by atoms with Crippen LogP contribution in [0, 0.1) is 17.3 Å². The van der Waals surface area contributed by atoms with E-state index in [-0.39, 0.29) is 24.6 Å². The number of hydrogen-bond donors (Lipinski definition) is 0. The van der Waals surface area contributed by atoms with Crippen LogP contribution < -0.4 is 0 Å². The van der Waals surface area contributed by atoms with Gasteiger partial charge in [0.25, 0.3) is 0 Å². The molecular weight excluding hydrogens is 444 g/mol. The highest BCUT2D eigenvalue weighted by molar-refractivity contribution is 5.69. The van der Waals surface area contributed by atoms with Crippen molar-refractivity contribution in [1.29, 1.82) is 0 Å². The molecule has 3 aliphatic carbocycles. The van der Waals surface area contributed by atoms with Gasteiger partial charge in [0.1, 0.15) is 24.4 Å². The Labute approximate surface area is 198 Å². The number of rotatable bonds is 4. The van der Waals surface area contributed by atoms with Crippen molar-refractivity contribution in [2.45, 2.75) is 84.4 Å². The predicted octanol–water partition coefficient (Wildman–Crippen LogP) is 2.41. The molecular formula is C25H32O9. The Morgan fingerprint density at radius 2 is 1.59 bits per heavy atom. The van der Waals surface area contributed by atoms with Crippen LogP contribution in [0.15, 0.2) is 23.3 Å². The van der Waals surface area contributed by atoms with Crippen molar-refractivity contribution in [1.82, 2.24) is 0 Å². The second-order valence-corrected chi connectivity index (χ2v) is 10.0. The van der Waals surface area contributed by atoms with Gasteiger partial charge in [0.15, 0.2) is 5.60 Å². The molecule has 34 heavy (non-hydrogen) atoms. The first-order valence-electron chi connectivity index (χ1n) is 11.6. The molecule has 0 radical (unpaired) electrons. The van der Waals surface area contributed by atoms with E-state index in [9.17, 15) is 19.2 Å². The summed E-state index contributed by atoms with van der Waals surface area (Å²) < 4.78 is 28.9. The molecule has 4 rings (SSSR count). The van der Waals surface area contributed by atoms with Crippen LogP contribution in [0.4, 0.5) is 0 Å². The van der Waals surface area contributed by atoms with Crippen molar-refractivity contribution in [2.75, 3.05) is 6.61 Å². The van der Waals surface area contributed by atoms with Crippen molar-refractivity contribution in [2.24, 2.45) is 17.3 Å². The molecule has 186 valence electrons. The van der Waals surface area contributed by atoms with Crippen molar-refractivity contribution < 1.29 is 42.9 Å². The highest BCUT2D eigenvalue weighted by Crippen LogP contribution is 2.60. The third-order valence-electron chi connectivity index (χ3n) is 7.78. The van der Waals surface area contributed by atoms with Gasteiger partial charge in [-0.2, -0.15) is 0 Å². The van der Waals surface area contributed by atoms with E-state index in [1.807, 2.05) is 26.0 Å². The van der Waals surface area contributed by atoms with Crippen molar-refractivity contribution in [3.8, 4) is 0 Å². The predicted molar refractivity (Wildman–Crippen MR) is 117 cm³/mol. The summed E-state index contributed by atoms with van der Waals surface area (Å²) in [6, 6.07) is 0. The maximum atomic E-state index is 12.2. The maximum Gasteiger partial charge on any atom is 0.303 e. The molecule has 8 atom stereocenters. The van der Waals surface area contributed by atoms with E-state index in [1.165, 1.54) is 27.7 Å². The van der Waals surface area contributed by atoms with E-state index < -0.39 is 53.2 Å². The largest absolute Gasteiger partial charge is 0.462 e. The van der Waals surface area contributed by atoms with Crippen LogP contribution in [-0.4, -0.2) is 60.5 Å². The average Bonchev–Trinajstić information content (AvgIpc) is 2.90. The van der Waals surface area contributed by atoms with Crippen molar-refractivity contribution in [3.63, 3.8) is 0 Å². The first-order valence-corrected chi connectivity index (χ1v) is 11.6. The van der Waals surface area contributed by atoms with E-state index in [2.05, 4.69) is 0 Å².